The van der Waals surface area contributed by atoms with E-state index in [0.717, 1.165) is 23.1 Å². The molecule has 4 nitrogen and oxygen atoms in total. The fourth-order valence-corrected chi connectivity index (χ4v) is 3.14. The lowest BCUT2D eigenvalue weighted by Crippen LogP contribution is -2.28. The van der Waals surface area contributed by atoms with Crippen LogP contribution >= 0.6 is 11.6 Å². The van der Waals surface area contributed by atoms with Crippen molar-refractivity contribution < 1.29 is 27.1 Å². The lowest BCUT2D eigenvalue weighted by Gasteiger charge is -2.21. The Morgan fingerprint density at radius 1 is 1.22 bits per heavy atom. The largest absolute Gasteiger partial charge is 0.497 e. The maximum atomic E-state index is 14.5. The number of amides is 1. The fourth-order valence-electron chi connectivity index (χ4n) is 2.79. The number of carbonyl (C=O) groups excluding carboxylic acids is 1. The predicted molar refractivity (Wildman–Crippen MR) is 93.3 cm³/mol. The van der Waals surface area contributed by atoms with E-state index in [-0.39, 0.29) is 34.8 Å². The number of anilines is 1. The Kier molecular flexibility index (Phi) is 4.86. The van der Waals surface area contributed by atoms with Crippen LogP contribution in [0, 0.1) is 5.82 Å². The van der Waals surface area contributed by atoms with Crippen molar-refractivity contribution in [2.75, 3.05) is 25.6 Å². The number of benzene rings is 2. The summed E-state index contributed by atoms with van der Waals surface area (Å²) in [6.45, 7) is -0.366. The van der Waals surface area contributed by atoms with Crippen LogP contribution in [0.25, 0.3) is 0 Å². The number of alkyl halides is 3. The van der Waals surface area contributed by atoms with E-state index < -0.39 is 28.5 Å². The minimum Gasteiger partial charge on any atom is -0.497 e. The van der Waals surface area contributed by atoms with Crippen LogP contribution < -0.4 is 9.64 Å². The van der Waals surface area contributed by atoms with Crippen LogP contribution in [0.1, 0.15) is 16.7 Å². The first-order valence-corrected chi connectivity index (χ1v) is 8.08. The molecule has 1 amide bonds. The Morgan fingerprint density at radius 2 is 1.93 bits per heavy atom. The lowest BCUT2D eigenvalue weighted by molar-refractivity contribution is -0.137. The molecule has 142 valence electrons. The molecule has 1 heterocycles. The number of aliphatic imine (C=N–C) groups is 1. The van der Waals surface area contributed by atoms with E-state index in [4.69, 9.17) is 16.3 Å². The van der Waals surface area contributed by atoms with Gasteiger partial charge in [0.2, 0.25) is 5.91 Å². The highest BCUT2D eigenvalue weighted by atomic mass is 35.5. The summed E-state index contributed by atoms with van der Waals surface area (Å²) in [6, 6.07) is 5.68. The summed E-state index contributed by atoms with van der Waals surface area (Å²) >= 11 is 6.08. The molecule has 0 unspecified atom stereocenters. The number of methoxy groups -OCH3 is 1. The highest BCUT2D eigenvalue weighted by molar-refractivity contribution is 6.38. The Balaban J connectivity index is 2.35. The van der Waals surface area contributed by atoms with Gasteiger partial charge in [0.1, 0.15) is 18.1 Å². The van der Waals surface area contributed by atoms with E-state index in [0.29, 0.717) is 0 Å². The molecular weight excluding hydrogens is 388 g/mol. The Bertz CT molecular complexity index is 957. The molecule has 0 atom stereocenters. The summed E-state index contributed by atoms with van der Waals surface area (Å²) in [7, 11) is 2.76. The highest BCUT2D eigenvalue weighted by Crippen LogP contribution is 2.41. The Morgan fingerprint density at radius 3 is 2.56 bits per heavy atom. The number of hydrogen-bond donors (Lipinski definition) is 0. The van der Waals surface area contributed by atoms with Crippen molar-refractivity contribution in [1.29, 1.82) is 0 Å². The van der Waals surface area contributed by atoms with E-state index in [2.05, 4.69) is 4.99 Å². The van der Waals surface area contributed by atoms with E-state index in [9.17, 15) is 22.4 Å². The van der Waals surface area contributed by atoms with Gasteiger partial charge < -0.3 is 9.64 Å². The number of ether oxygens (including phenoxy) is 1. The van der Waals surface area contributed by atoms with Crippen molar-refractivity contribution in [2.45, 2.75) is 6.18 Å². The minimum atomic E-state index is -4.72. The quantitative estimate of drug-likeness (QED) is 0.704. The first kappa shape index (κ1) is 19.2. The van der Waals surface area contributed by atoms with Gasteiger partial charge in [-0.2, -0.15) is 13.2 Å². The van der Waals surface area contributed by atoms with Crippen LogP contribution in [0.2, 0.25) is 5.02 Å². The van der Waals surface area contributed by atoms with Crippen LogP contribution in [0.4, 0.5) is 23.2 Å². The standard InChI is InChI=1S/C18H13ClF4N2O2/c1-25-13-6-4-11(18(21,22)23)16(19)15(13)17(24-8-14(25)26)10-7-9(27-2)3-5-12(10)20/h3-7H,8H2,1-2H3. The molecule has 0 bridgehead atoms. The lowest BCUT2D eigenvalue weighted by atomic mass is 9.97. The molecule has 0 N–H and O–H groups in total. The second-order valence-corrected chi connectivity index (χ2v) is 6.16. The molecule has 1 aliphatic heterocycles. The van der Waals surface area contributed by atoms with Gasteiger partial charge in [0.25, 0.3) is 0 Å². The Hall–Kier alpha value is -2.61. The molecule has 0 radical (unpaired) electrons. The van der Waals surface area contributed by atoms with Gasteiger partial charge in [-0.05, 0) is 30.3 Å². The zero-order valence-corrected chi connectivity index (χ0v) is 15.0. The number of fused-ring (bicyclic) bond motifs is 1. The number of likely N-dealkylation sites (N-methyl/N-ethyl adjacent to an activating group) is 1. The fraction of sp³-hybridized carbons (Fsp3) is 0.222. The summed E-state index contributed by atoms with van der Waals surface area (Å²) in [5.74, 6) is -0.918. The van der Waals surface area contributed by atoms with Crippen molar-refractivity contribution in [1.82, 2.24) is 0 Å². The third-order valence-corrected chi connectivity index (χ3v) is 4.59. The van der Waals surface area contributed by atoms with Crippen LogP contribution in [-0.2, 0) is 11.0 Å². The zero-order chi connectivity index (χ0) is 19.9. The molecule has 2 aromatic carbocycles. The van der Waals surface area contributed by atoms with E-state index in [1.165, 1.54) is 26.3 Å². The Labute approximate surface area is 157 Å². The maximum Gasteiger partial charge on any atom is 0.417 e. The van der Waals surface area contributed by atoms with Gasteiger partial charge in [0.15, 0.2) is 0 Å². The van der Waals surface area contributed by atoms with Crippen molar-refractivity contribution in [3.05, 3.63) is 57.9 Å². The van der Waals surface area contributed by atoms with Gasteiger partial charge in [-0.15, -0.1) is 0 Å². The van der Waals surface area contributed by atoms with Crippen LogP contribution in [-0.4, -0.2) is 32.3 Å². The number of halogens is 5. The second kappa shape index (κ2) is 6.84. The molecule has 0 saturated carbocycles. The summed E-state index contributed by atoms with van der Waals surface area (Å²) in [6.07, 6.45) is -4.72. The van der Waals surface area contributed by atoms with E-state index in [1.807, 2.05) is 0 Å². The number of nitrogens with zero attached hydrogens (tertiary/aromatic N) is 2. The van der Waals surface area contributed by atoms with Gasteiger partial charge in [-0.1, -0.05) is 11.6 Å². The number of rotatable bonds is 2. The van der Waals surface area contributed by atoms with E-state index in [1.54, 1.807) is 0 Å². The molecule has 0 aromatic heterocycles. The van der Waals surface area contributed by atoms with Gasteiger partial charge in [-0.3, -0.25) is 9.79 Å². The molecule has 2 aromatic rings. The first-order valence-electron chi connectivity index (χ1n) is 7.70. The van der Waals surface area contributed by atoms with Crippen molar-refractivity contribution in [3.8, 4) is 5.75 Å². The van der Waals surface area contributed by atoms with Crippen molar-refractivity contribution >= 4 is 28.9 Å². The third-order valence-electron chi connectivity index (χ3n) is 4.20. The topological polar surface area (TPSA) is 41.9 Å². The summed E-state index contributed by atoms with van der Waals surface area (Å²) in [4.78, 5) is 17.4. The summed E-state index contributed by atoms with van der Waals surface area (Å²) in [5.41, 5.74) is -1.40. The van der Waals surface area contributed by atoms with Crippen molar-refractivity contribution in [3.63, 3.8) is 0 Å². The van der Waals surface area contributed by atoms with Crippen LogP contribution in [0.3, 0.4) is 0 Å². The summed E-state index contributed by atoms with van der Waals surface area (Å²) in [5, 5.41) is -0.650. The SMILES string of the molecule is COc1ccc(F)c(C2=NCC(=O)N(C)c3ccc(C(F)(F)F)c(Cl)c32)c1. The second-order valence-electron chi connectivity index (χ2n) is 5.78. The van der Waals surface area contributed by atoms with Gasteiger partial charge in [0.05, 0.1) is 29.1 Å². The minimum absolute atomic E-state index is 0.108. The highest BCUT2D eigenvalue weighted by Gasteiger charge is 2.37. The molecule has 0 aliphatic carbocycles. The molecule has 27 heavy (non-hydrogen) atoms. The molecule has 0 fully saturated rings. The summed E-state index contributed by atoms with van der Waals surface area (Å²) < 4.78 is 59.5. The molecule has 0 spiro atoms. The maximum absolute atomic E-state index is 14.5. The smallest absolute Gasteiger partial charge is 0.417 e. The van der Waals surface area contributed by atoms with Crippen molar-refractivity contribution in [2.24, 2.45) is 4.99 Å². The average Bonchev–Trinajstić information content (AvgIpc) is 2.73. The van der Waals surface area contributed by atoms with E-state index >= 15 is 0 Å². The first-order chi connectivity index (χ1) is 12.6. The number of benzodiazepines with no additional fused rings is 1. The average molecular weight is 401 g/mol. The monoisotopic (exact) mass is 400 g/mol. The molecular formula is C18H13ClF4N2O2. The normalized spacial score (nSPS) is 14.6. The van der Waals surface area contributed by atoms with Gasteiger partial charge >= 0.3 is 6.18 Å². The predicted octanol–water partition coefficient (Wildman–Crippen LogP) is 4.32. The zero-order valence-electron chi connectivity index (χ0n) is 14.2. The van der Waals surface area contributed by atoms with Crippen LogP contribution in [0.5, 0.6) is 5.75 Å². The molecule has 3 rings (SSSR count). The number of hydrogen-bond acceptors (Lipinski definition) is 3. The molecule has 1 aliphatic rings. The van der Waals surface area contributed by atoms with Gasteiger partial charge in [-0.25, -0.2) is 4.39 Å². The molecule has 0 saturated heterocycles. The molecule has 9 heteroatoms. The third kappa shape index (κ3) is 3.37. The number of carbonyl (C=O) groups is 1. The van der Waals surface area contributed by atoms with Crippen LogP contribution in [0.15, 0.2) is 35.3 Å². The van der Waals surface area contributed by atoms with Gasteiger partial charge in [0, 0.05) is 18.2 Å².